The van der Waals surface area contributed by atoms with E-state index in [4.69, 9.17) is 4.42 Å². The highest BCUT2D eigenvalue weighted by atomic mass is 16.3. The Labute approximate surface area is 187 Å². The van der Waals surface area contributed by atoms with E-state index in [1.54, 1.807) is 0 Å². The summed E-state index contributed by atoms with van der Waals surface area (Å²) in [5.74, 6) is 0. The predicted molar refractivity (Wildman–Crippen MR) is 131 cm³/mol. The molecule has 0 aliphatic heterocycles. The molecule has 5 aromatic rings. The van der Waals surface area contributed by atoms with Crippen molar-refractivity contribution in [3.8, 4) is 22.4 Å². The number of furan rings is 1. The summed E-state index contributed by atoms with van der Waals surface area (Å²) < 4.78 is 6.61. The molecule has 2 heteroatoms. The molecule has 1 fully saturated rings. The van der Waals surface area contributed by atoms with Crippen molar-refractivity contribution in [3.05, 3.63) is 89.1 Å². The van der Waals surface area contributed by atoms with Crippen LogP contribution in [-0.4, -0.2) is 4.98 Å². The molecule has 2 nitrogen and oxygen atoms in total. The number of pyridine rings is 1. The second kappa shape index (κ2) is 6.32. The van der Waals surface area contributed by atoms with Crippen molar-refractivity contribution >= 4 is 21.9 Å². The van der Waals surface area contributed by atoms with E-state index in [1.807, 2.05) is 12.3 Å². The zero-order valence-electron chi connectivity index (χ0n) is 18.5. The van der Waals surface area contributed by atoms with Gasteiger partial charge in [-0.05, 0) is 84.3 Å². The van der Waals surface area contributed by atoms with Gasteiger partial charge in [-0.3, -0.25) is 4.98 Å². The van der Waals surface area contributed by atoms with Gasteiger partial charge in [-0.15, -0.1) is 0 Å². The maximum Gasteiger partial charge on any atom is 0.145 e. The average Bonchev–Trinajstić information content (AvgIpc) is 3.49. The second-order valence-corrected chi connectivity index (χ2v) is 9.68. The van der Waals surface area contributed by atoms with Crippen molar-refractivity contribution in [1.82, 2.24) is 4.98 Å². The molecule has 0 saturated heterocycles. The topological polar surface area (TPSA) is 26.0 Å². The third-order valence-electron chi connectivity index (χ3n) is 7.87. The van der Waals surface area contributed by atoms with Gasteiger partial charge in [0.1, 0.15) is 11.2 Å². The summed E-state index contributed by atoms with van der Waals surface area (Å²) in [5.41, 5.74) is 12.4. The molecule has 7 rings (SSSR count). The SMILES string of the molecule is Cc1ccnc(-c2c(C)ccc3c2oc2cc4c(cc23)C2(CCCC2)c2ccccc2-4)c1. The number of nitrogens with zero attached hydrogens (tertiary/aromatic N) is 1. The molecule has 0 bridgehead atoms. The smallest absolute Gasteiger partial charge is 0.145 e. The predicted octanol–water partition coefficient (Wildman–Crippen LogP) is 8.11. The van der Waals surface area contributed by atoms with Gasteiger partial charge in [-0.2, -0.15) is 0 Å². The van der Waals surface area contributed by atoms with Gasteiger partial charge in [0.05, 0.1) is 5.69 Å². The van der Waals surface area contributed by atoms with E-state index in [-0.39, 0.29) is 5.41 Å². The number of aryl methyl sites for hydroxylation is 2. The lowest BCUT2D eigenvalue weighted by molar-refractivity contribution is 0.550. The van der Waals surface area contributed by atoms with Crippen molar-refractivity contribution in [3.63, 3.8) is 0 Å². The first-order chi connectivity index (χ1) is 15.7. The van der Waals surface area contributed by atoms with E-state index in [9.17, 15) is 0 Å². The molecule has 2 aromatic heterocycles. The molecule has 0 radical (unpaired) electrons. The molecular formula is C30H25NO. The van der Waals surface area contributed by atoms with Crippen LogP contribution in [0.15, 0.2) is 71.3 Å². The monoisotopic (exact) mass is 415 g/mol. The lowest BCUT2D eigenvalue weighted by Crippen LogP contribution is -2.20. The Hall–Kier alpha value is -3.39. The number of benzene rings is 3. The molecule has 0 unspecified atom stereocenters. The second-order valence-electron chi connectivity index (χ2n) is 9.68. The summed E-state index contributed by atoms with van der Waals surface area (Å²) in [4.78, 5) is 4.68. The first-order valence-corrected chi connectivity index (χ1v) is 11.7. The van der Waals surface area contributed by atoms with Crippen molar-refractivity contribution in [2.45, 2.75) is 44.9 Å². The van der Waals surface area contributed by atoms with Crippen LogP contribution < -0.4 is 0 Å². The third-order valence-corrected chi connectivity index (χ3v) is 7.87. The Morgan fingerprint density at radius 1 is 0.812 bits per heavy atom. The summed E-state index contributed by atoms with van der Waals surface area (Å²) in [6.45, 7) is 4.26. The van der Waals surface area contributed by atoms with E-state index in [1.165, 1.54) is 69.8 Å². The Morgan fingerprint density at radius 3 is 2.50 bits per heavy atom. The number of rotatable bonds is 1. The largest absolute Gasteiger partial charge is 0.455 e. The van der Waals surface area contributed by atoms with Crippen molar-refractivity contribution in [2.75, 3.05) is 0 Å². The zero-order valence-corrected chi connectivity index (χ0v) is 18.5. The van der Waals surface area contributed by atoms with Crippen molar-refractivity contribution in [1.29, 1.82) is 0 Å². The maximum atomic E-state index is 6.61. The lowest BCUT2D eigenvalue weighted by atomic mass is 9.76. The van der Waals surface area contributed by atoms with Crippen LogP contribution in [0, 0.1) is 13.8 Å². The quantitative estimate of drug-likeness (QED) is 0.276. The Morgan fingerprint density at radius 2 is 1.66 bits per heavy atom. The van der Waals surface area contributed by atoms with Crippen LogP contribution in [0.3, 0.4) is 0 Å². The lowest BCUT2D eigenvalue weighted by Gasteiger charge is -2.26. The van der Waals surface area contributed by atoms with E-state index in [0.29, 0.717) is 0 Å². The summed E-state index contributed by atoms with van der Waals surface area (Å²) in [5, 5.41) is 2.42. The fraction of sp³-hybridized carbons (Fsp3) is 0.233. The molecule has 0 N–H and O–H groups in total. The van der Waals surface area contributed by atoms with Gasteiger partial charge in [0.15, 0.2) is 0 Å². The number of fused-ring (bicyclic) bond motifs is 8. The van der Waals surface area contributed by atoms with E-state index < -0.39 is 0 Å². The van der Waals surface area contributed by atoms with Crippen LogP contribution >= 0.6 is 0 Å². The molecule has 2 heterocycles. The minimum atomic E-state index is 0.176. The highest BCUT2D eigenvalue weighted by molar-refractivity contribution is 6.11. The summed E-state index contributed by atoms with van der Waals surface area (Å²) in [6, 6.07) is 22.4. The standard InChI is InChI=1S/C30H25NO/c1-18-11-14-31-26(15-18)28-19(2)9-10-21-23-16-25-22(17-27(23)32-29(21)28)20-7-3-4-8-24(20)30(25)12-5-6-13-30/h3-4,7-11,14-17H,5-6,12-13H2,1-2H3. The van der Waals surface area contributed by atoms with Gasteiger partial charge in [0, 0.05) is 27.9 Å². The van der Waals surface area contributed by atoms with Crippen molar-refractivity contribution in [2.24, 2.45) is 0 Å². The molecule has 3 aromatic carbocycles. The van der Waals surface area contributed by atoms with E-state index in [0.717, 1.165) is 22.4 Å². The number of hydrogen-bond acceptors (Lipinski definition) is 2. The van der Waals surface area contributed by atoms with Crippen LogP contribution in [0.5, 0.6) is 0 Å². The van der Waals surface area contributed by atoms with Gasteiger partial charge in [0.2, 0.25) is 0 Å². The maximum absolute atomic E-state index is 6.61. The van der Waals surface area contributed by atoms with Crippen LogP contribution in [0.1, 0.15) is 47.9 Å². The van der Waals surface area contributed by atoms with Gasteiger partial charge in [-0.1, -0.05) is 49.2 Å². The Kier molecular flexibility index (Phi) is 3.60. The molecule has 2 aliphatic rings. The number of aromatic nitrogens is 1. The van der Waals surface area contributed by atoms with Gasteiger partial charge < -0.3 is 4.42 Å². The van der Waals surface area contributed by atoms with Crippen LogP contribution in [0.2, 0.25) is 0 Å². The third kappa shape index (κ3) is 2.27. The van der Waals surface area contributed by atoms with E-state index >= 15 is 0 Å². The fourth-order valence-corrected chi connectivity index (χ4v) is 6.39. The van der Waals surface area contributed by atoms with Gasteiger partial charge in [-0.25, -0.2) is 0 Å². The molecule has 156 valence electrons. The minimum Gasteiger partial charge on any atom is -0.455 e. The molecule has 1 spiro atoms. The fourth-order valence-electron chi connectivity index (χ4n) is 6.39. The normalized spacial score (nSPS) is 16.2. The van der Waals surface area contributed by atoms with Crippen LogP contribution in [-0.2, 0) is 5.41 Å². The van der Waals surface area contributed by atoms with Crippen molar-refractivity contribution < 1.29 is 4.42 Å². The zero-order chi connectivity index (χ0) is 21.4. The summed E-state index contributed by atoms with van der Waals surface area (Å²) in [6.07, 6.45) is 6.99. The minimum absolute atomic E-state index is 0.176. The molecule has 0 atom stereocenters. The summed E-state index contributed by atoms with van der Waals surface area (Å²) >= 11 is 0. The van der Waals surface area contributed by atoms with Gasteiger partial charge >= 0.3 is 0 Å². The molecule has 2 aliphatic carbocycles. The highest BCUT2D eigenvalue weighted by Gasteiger charge is 2.45. The molecule has 0 amide bonds. The Bertz CT molecular complexity index is 1550. The highest BCUT2D eigenvalue weighted by Crippen LogP contribution is 2.58. The first kappa shape index (κ1) is 18.2. The molecule has 32 heavy (non-hydrogen) atoms. The molecular weight excluding hydrogens is 390 g/mol. The number of hydrogen-bond donors (Lipinski definition) is 0. The van der Waals surface area contributed by atoms with Crippen LogP contribution in [0.4, 0.5) is 0 Å². The van der Waals surface area contributed by atoms with Crippen LogP contribution in [0.25, 0.3) is 44.3 Å². The average molecular weight is 416 g/mol. The Balaban J connectivity index is 1.56. The first-order valence-electron chi connectivity index (χ1n) is 11.7. The van der Waals surface area contributed by atoms with Gasteiger partial charge in [0.25, 0.3) is 0 Å². The molecule has 1 saturated carbocycles. The van der Waals surface area contributed by atoms with E-state index in [2.05, 4.69) is 73.4 Å². The summed E-state index contributed by atoms with van der Waals surface area (Å²) in [7, 11) is 0.